The van der Waals surface area contributed by atoms with Gasteiger partial charge in [-0.15, -0.1) is 0 Å². The predicted octanol–water partition coefficient (Wildman–Crippen LogP) is 3.63. The molecule has 1 aromatic carbocycles. The van der Waals surface area contributed by atoms with Crippen LogP contribution in [0.25, 0.3) is 0 Å². The first kappa shape index (κ1) is 20.2. The number of benzene rings is 1. The number of hydrogen-bond acceptors (Lipinski definition) is 4. The highest BCUT2D eigenvalue weighted by atomic mass is 79.9. The van der Waals surface area contributed by atoms with E-state index >= 15 is 0 Å². The van der Waals surface area contributed by atoms with Crippen LogP contribution in [0.15, 0.2) is 34.8 Å². The Hall–Kier alpha value is -2.12. The van der Waals surface area contributed by atoms with Gasteiger partial charge in [0.25, 0.3) is 5.91 Å². The minimum absolute atomic E-state index is 0.0158. The molecular weight excluding hydrogens is 434 g/mol. The Morgan fingerprint density at radius 2 is 1.86 bits per heavy atom. The van der Waals surface area contributed by atoms with Crippen LogP contribution in [0.4, 0.5) is 0 Å². The Morgan fingerprint density at radius 3 is 2.41 bits per heavy atom. The Morgan fingerprint density at radius 1 is 1.17 bits per heavy atom. The van der Waals surface area contributed by atoms with Gasteiger partial charge in [0, 0.05) is 43.8 Å². The summed E-state index contributed by atoms with van der Waals surface area (Å²) in [6, 6.07) is 9.80. The van der Waals surface area contributed by atoms with E-state index in [4.69, 9.17) is 4.74 Å². The van der Waals surface area contributed by atoms with E-state index in [1.54, 1.807) is 19.0 Å². The number of fused-ring (bicyclic) bond motifs is 2. The number of rotatable bonds is 4. The molecule has 29 heavy (non-hydrogen) atoms. The molecule has 2 aromatic rings. The highest BCUT2D eigenvalue weighted by Gasteiger charge is 2.49. The van der Waals surface area contributed by atoms with Crippen molar-refractivity contribution in [1.82, 2.24) is 14.4 Å². The number of carbonyl (C=O) groups excluding carboxylic acids is 2. The van der Waals surface area contributed by atoms with Crippen LogP contribution >= 0.6 is 15.9 Å². The van der Waals surface area contributed by atoms with E-state index < -0.39 is 0 Å². The van der Waals surface area contributed by atoms with Gasteiger partial charge in [0.05, 0.1) is 18.3 Å². The second-order valence-electron chi connectivity index (χ2n) is 8.07. The normalized spacial score (nSPS) is 17.5. The van der Waals surface area contributed by atoms with Crippen molar-refractivity contribution in [3.8, 4) is 0 Å². The van der Waals surface area contributed by atoms with Crippen LogP contribution in [0.2, 0.25) is 0 Å². The van der Waals surface area contributed by atoms with Crippen LogP contribution in [0.1, 0.15) is 51.4 Å². The summed E-state index contributed by atoms with van der Waals surface area (Å²) in [6.07, 6.45) is 3.33. The number of hydrogen-bond donors (Lipinski definition) is 0. The number of esters is 1. The first-order valence-corrected chi connectivity index (χ1v) is 10.7. The van der Waals surface area contributed by atoms with Gasteiger partial charge < -0.3 is 14.2 Å². The van der Waals surface area contributed by atoms with E-state index in [-0.39, 0.29) is 17.4 Å². The van der Waals surface area contributed by atoms with Gasteiger partial charge in [-0.2, -0.15) is 0 Å². The van der Waals surface area contributed by atoms with Crippen LogP contribution in [0, 0.1) is 0 Å². The van der Waals surface area contributed by atoms with Crippen molar-refractivity contribution in [3.05, 3.63) is 57.3 Å². The van der Waals surface area contributed by atoms with E-state index in [0.717, 1.165) is 36.9 Å². The number of ether oxygens (including phenoxy) is 1. The third-order valence-corrected chi connectivity index (χ3v) is 6.85. The molecule has 7 heteroatoms. The van der Waals surface area contributed by atoms with Crippen LogP contribution in [0.5, 0.6) is 0 Å². The summed E-state index contributed by atoms with van der Waals surface area (Å²) >= 11 is 3.71. The first-order valence-electron chi connectivity index (χ1n) is 9.91. The third kappa shape index (κ3) is 3.30. The number of nitrogens with zero attached hydrogens (tertiary/aromatic N) is 3. The number of amides is 1. The number of aromatic nitrogens is 1. The quantitative estimate of drug-likeness (QED) is 0.654. The lowest BCUT2D eigenvalue weighted by atomic mass is 9.71. The van der Waals surface area contributed by atoms with E-state index in [2.05, 4.69) is 25.4 Å². The van der Waals surface area contributed by atoms with E-state index in [0.29, 0.717) is 11.3 Å². The molecule has 0 bridgehead atoms. The van der Waals surface area contributed by atoms with Gasteiger partial charge in [0.1, 0.15) is 5.69 Å². The average molecular weight is 460 g/mol. The van der Waals surface area contributed by atoms with Crippen LogP contribution in [-0.4, -0.2) is 54.0 Å². The molecule has 1 spiro atoms. The second-order valence-corrected chi connectivity index (χ2v) is 8.93. The van der Waals surface area contributed by atoms with Crippen molar-refractivity contribution in [2.45, 2.75) is 37.9 Å². The molecule has 2 aliphatic rings. The second kappa shape index (κ2) is 7.61. The van der Waals surface area contributed by atoms with Gasteiger partial charge in [-0.05, 0) is 59.0 Å². The summed E-state index contributed by atoms with van der Waals surface area (Å²) in [6.45, 7) is 2.45. The summed E-state index contributed by atoms with van der Waals surface area (Å²) in [5.41, 5.74) is 3.65. The summed E-state index contributed by atoms with van der Waals surface area (Å²) < 4.78 is 8.09. The standard InChI is InChI=1S/C22H26BrN3O3/c1-24(2)20(27)16-7-5-15(6-8-16)14-25-11-12-26-18(21(28)29-3)13-17(23)19(26)22(25)9-4-10-22/h5-8,13H,4,9-12,14H2,1-3H3. The fraction of sp³-hybridized carbons (Fsp3) is 0.455. The van der Waals surface area contributed by atoms with Crippen molar-refractivity contribution in [3.63, 3.8) is 0 Å². The molecule has 0 atom stereocenters. The molecule has 0 unspecified atom stereocenters. The van der Waals surface area contributed by atoms with Crippen LogP contribution < -0.4 is 0 Å². The van der Waals surface area contributed by atoms with E-state index in [1.807, 2.05) is 30.3 Å². The van der Waals surface area contributed by atoms with E-state index in [1.165, 1.54) is 24.8 Å². The molecule has 1 aromatic heterocycles. The van der Waals surface area contributed by atoms with Gasteiger partial charge in [-0.1, -0.05) is 12.1 Å². The molecule has 1 aliphatic heterocycles. The topological polar surface area (TPSA) is 54.8 Å². The van der Waals surface area contributed by atoms with Gasteiger partial charge in [-0.3, -0.25) is 9.69 Å². The maximum absolute atomic E-state index is 12.2. The van der Waals surface area contributed by atoms with Gasteiger partial charge in [-0.25, -0.2) is 4.79 Å². The average Bonchev–Trinajstić information content (AvgIpc) is 3.03. The Balaban J connectivity index is 1.61. The SMILES string of the molecule is COC(=O)c1cc(Br)c2n1CCN(Cc1ccc(C(=O)N(C)C)cc1)C21CCC1. The predicted molar refractivity (Wildman–Crippen MR) is 114 cm³/mol. The zero-order chi connectivity index (χ0) is 20.8. The Bertz CT molecular complexity index is 945. The number of carbonyl (C=O) groups is 2. The molecule has 1 aliphatic carbocycles. The molecule has 6 nitrogen and oxygen atoms in total. The molecule has 0 N–H and O–H groups in total. The molecule has 0 radical (unpaired) electrons. The summed E-state index contributed by atoms with van der Waals surface area (Å²) in [4.78, 5) is 28.5. The zero-order valence-electron chi connectivity index (χ0n) is 17.1. The minimum Gasteiger partial charge on any atom is -0.464 e. The van der Waals surface area contributed by atoms with Crippen LogP contribution in [0.3, 0.4) is 0 Å². The van der Waals surface area contributed by atoms with E-state index in [9.17, 15) is 9.59 Å². The van der Waals surface area contributed by atoms with Gasteiger partial charge in [0.15, 0.2) is 0 Å². The third-order valence-electron chi connectivity index (χ3n) is 6.25. The number of methoxy groups -OCH3 is 1. The fourth-order valence-corrected chi connectivity index (χ4v) is 5.41. The fourth-order valence-electron chi connectivity index (χ4n) is 4.61. The lowest BCUT2D eigenvalue weighted by molar-refractivity contribution is -0.0227. The van der Waals surface area contributed by atoms with Crippen molar-refractivity contribution >= 4 is 27.8 Å². The first-order chi connectivity index (χ1) is 13.9. The lowest BCUT2D eigenvalue weighted by Gasteiger charge is -2.54. The maximum atomic E-state index is 12.2. The maximum Gasteiger partial charge on any atom is 0.354 e. The summed E-state index contributed by atoms with van der Waals surface area (Å²) in [5, 5.41) is 0. The number of halogens is 1. The monoisotopic (exact) mass is 459 g/mol. The lowest BCUT2D eigenvalue weighted by Crippen LogP contribution is -2.56. The van der Waals surface area contributed by atoms with Crippen molar-refractivity contribution in [2.24, 2.45) is 0 Å². The van der Waals surface area contributed by atoms with Gasteiger partial charge in [0.2, 0.25) is 0 Å². The minimum atomic E-state index is -0.291. The van der Waals surface area contributed by atoms with Crippen molar-refractivity contribution in [2.75, 3.05) is 27.7 Å². The molecule has 1 amide bonds. The highest BCUT2D eigenvalue weighted by Crippen LogP contribution is 2.52. The van der Waals surface area contributed by atoms with Crippen LogP contribution in [-0.2, 0) is 23.4 Å². The zero-order valence-corrected chi connectivity index (χ0v) is 18.7. The molecule has 1 saturated carbocycles. The molecule has 1 fully saturated rings. The Labute approximate surface area is 179 Å². The molecular formula is C22H26BrN3O3. The van der Waals surface area contributed by atoms with Crippen molar-refractivity contribution < 1.29 is 14.3 Å². The molecule has 2 heterocycles. The molecule has 0 saturated heterocycles. The largest absolute Gasteiger partial charge is 0.464 e. The molecule has 4 rings (SSSR count). The summed E-state index contributed by atoms with van der Waals surface area (Å²) in [7, 11) is 4.95. The van der Waals surface area contributed by atoms with Gasteiger partial charge >= 0.3 is 5.97 Å². The smallest absolute Gasteiger partial charge is 0.354 e. The highest BCUT2D eigenvalue weighted by molar-refractivity contribution is 9.10. The summed E-state index contributed by atoms with van der Waals surface area (Å²) in [5.74, 6) is -0.275. The molecule has 154 valence electrons. The van der Waals surface area contributed by atoms with Crippen molar-refractivity contribution in [1.29, 1.82) is 0 Å². The Kier molecular flexibility index (Phi) is 5.29.